The Balaban J connectivity index is 2.06. The summed E-state index contributed by atoms with van der Waals surface area (Å²) < 4.78 is 26.4. The summed E-state index contributed by atoms with van der Waals surface area (Å²) in [6.07, 6.45) is 1.24. The number of carbonyl (C=O) groups excluding carboxylic acids is 2. The summed E-state index contributed by atoms with van der Waals surface area (Å²) >= 11 is 12.7. The van der Waals surface area contributed by atoms with E-state index in [0.717, 1.165) is 16.1 Å². The SMILES string of the molecule is CCNC(=O)C(Cc1ccccc1)N(Cc1ccccc1Cl)C(=O)CN(c1ccccc1Cl)S(C)(=O)=O. The molecule has 0 saturated heterocycles. The zero-order valence-corrected chi connectivity index (χ0v) is 22.9. The van der Waals surface area contributed by atoms with E-state index in [1.807, 2.05) is 30.3 Å². The molecule has 0 radical (unpaired) electrons. The molecule has 1 unspecified atom stereocenters. The van der Waals surface area contributed by atoms with Gasteiger partial charge in [0.25, 0.3) is 0 Å². The van der Waals surface area contributed by atoms with Crippen LogP contribution in [0.2, 0.25) is 10.0 Å². The van der Waals surface area contributed by atoms with E-state index >= 15 is 0 Å². The van der Waals surface area contributed by atoms with Crippen molar-refractivity contribution >= 4 is 50.7 Å². The van der Waals surface area contributed by atoms with Crippen LogP contribution < -0.4 is 9.62 Å². The van der Waals surface area contributed by atoms with Crippen LogP contribution in [0, 0.1) is 0 Å². The molecule has 1 atom stereocenters. The van der Waals surface area contributed by atoms with E-state index in [9.17, 15) is 18.0 Å². The number of para-hydroxylation sites is 1. The molecule has 10 heteroatoms. The zero-order valence-electron chi connectivity index (χ0n) is 20.6. The van der Waals surface area contributed by atoms with E-state index in [1.165, 1.54) is 11.0 Å². The van der Waals surface area contributed by atoms with Gasteiger partial charge in [-0.15, -0.1) is 0 Å². The van der Waals surface area contributed by atoms with Gasteiger partial charge in [0.1, 0.15) is 12.6 Å². The molecule has 0 heterocycles. The first kappa shape index (κ1) is 28.5. The Labute approximate surface area is 228 Å². The van der Waals surface area contributed by atoms with Gasteiger partial charge < -0.3 is 10.2 Å². The van der Waals surface area contributed by atoms with Gasteiger partial charge in [-0.1, -0.05) is 83.9 Å². The van der Waals surface area contributed by atoms with Gasteiger partial charge in [0.15, 0.2) is 0 Å². The van der Waals surface area contributed by atoms with E-state index < -0.39 is 28.5 Å². The molecule has 196 valence electrons. The summed E-state index contributed by atoms with van der Waals surface area (Å²) in [4.78, 5) is 28.6. The number of carbonyl (C=O) groups is 2. The van der Waals surface area contributed by atoms with Crippen molar-refractivity contribution in [1.82, 2.24) is 10.2 Å². The highest BCUT2D eigenvalue weighted by molar-refractivity contribution is 7.92. The van der Waals surface area contributed by atoms with Gasteiger partial charge in [-0.05, 0) is 36.2 Å². The van der Waals surface area contributed by atoms with Gasteiger partial charge in [-0.25, -0.2) is 8.42 Å². The van der Waals surface area contributed by atoms with Crippen molar-refractivity contribution in [3.05, 3.63) is 100 Å². The van der Waals surface area contributed by atoms with E-state index in [0.29, 0.717) is 17.1 Å². The van der Waals surface area contributed by atoms with E-state index in [-0.39, 0.29) is 29.6 Å². The van der Waals surface area contributed by atoms with E-state index in [1.54, 1.807) is 49.4 Å². The zero-order chi connectivity index (χ0) is 27.0. The Morgan fingerprint density at radius 2 is 1.49 bits per heavy atom. The molecule has 3 rings (SSSR count). The molecule has 7 nitrogen and oxygen atoms in total. The second-order valence-electron chi connectivity index (χ2n) is 8.43. The van der Waals surface area contributed by atoms with Crippen molar-refractivity contribution in [1.29, 1.82) is 0 Å². The first-order valence-electron chi connectivity index (χ1n) is 11.7. The number of hydrogen-bond donors (Lipinski definition) is 1. The van der Waals surface area contributed by atoms with Gasteiger partial charge in [0.2, 0.25) is 21.8 Å². The maximum atomic E-state index is 13.9. The monoisotopic (exact) mass is 561 g/mol. The Morgan fingerprint density at radius 3 is 2.08 bits per heavy atom. The summed E-state index contributed by atoms with van der Waals surface area (Å²) in [7, 11) is -3.89. The van der Waals surface area contributed by atoms with Gasteiger partial charge >= 0.3 is 0 Å². The fourth-order valence-corrected chi connectivity index (χ4v) is 5.25. The van der Waals surface area contributed by atoms with Crippen molar-refractivity contribution < 1.29 is 18.0 Å². The van der Waals surface area contributed by atoms with Gasteiger partial charge in [0.05, 0.1) is 17.0 Å². The van der Waals surface area contributed by atoms with Crippen molar-refractivity contribution in [2.24, 2.45) is 0 Å². The topological polar surface area (TPSA) is 86.8 Å². The lowest BCUT2D eigenvalue weighted by atomic mass is 10.0. The lowest BCUT2D eigenvalue weighted by molar-refractivity contribution is -0.140. The smallest absolute Gasteiger partial charge is 0.244 e. The first-order chi connectivity index (χ1) is 17.6. The largest absolute Gasteiger partial charge is 0.355 e. The Bertz CT molecular complexity index is 1340. The molecule has 1 N–H and O–H groups in total. The molecule has 0 aliphatic carbocycles. The number of nitrogens with one attached hydrogen (secondary N) is 1. The summed E-state index contributed by atoms with van der Waals surface area (Å²) in [6.45, 7) is 1.62. The second kappa shape index (κ2) is 12.9. The predicted molar refractivity (Wildman–Crippen MR) is 148 cm³/mol. The molecular weight excluding hydrogens is 533 g/mol. The molecule has 3 aromatic carbocycles. The fourth-order valence-electron chi connectivity index (χ4n) is 3.90. The standard InChI is InChI=1S/C27H29Cl2N3O4S/c1-3-30-27(34)25(17-20-11-5-4-6-12-20)31(18-21-13-7-8-14-22(21)28)26(33)19-32(37(2,35)36)24-16-10-9-15-23(24)29/h4-16,25H,3,17-19H2,1-2H3,(H,30,34). The van der Waals surface area contributed by atoms with Crippen LogP contribution in [0.1, 0.15) is 18.1 Å². The van der Waals surface area contributed by atoms with Crippen LogP contribution in [0.25, 0.3) is 0 Å². The highest BCUT2D eigenvalue weighted by atomic mass is 35.5. The molecule has 37 heavy (non-hydrogen) atoms. The van der Waals surface area contributed by atoms with Crippen molar-refractivity contribution in [2.75, 3.05) is 23.7 Å². The normalized spacial score (nSPS) is 12.0. The average Bonchev–Trinajstić information content (AvgIpc) is 2.86. The predicted octanol–water partition coefficient (Wildman–Crippen LogP) is 4.54. The molecule has 3 aromatic rings. The lowest BCUT2D eigenvalue weighted by Gasteiger charge is -2.33. The van der Waals surface area contributed by atoms with Crippen molar-refractivity contribution in [3.8, 4) is 0 Å². The second-order valence-corrected chi connectivity index (χ2v) is 11.2. The van der Waals surface area contributed by atoms with Crippen LogP contribution in [-0.2, 0) is 32.6 Å². The molecule has 0 saturated carbocycles. The Hall–Kier alpha value is -3.07. The quantitative estimate of drug-likeness (QED) is 0.372. The van der Waals surface area contributed by atoms with E-state index in [4.69, 9.17) is 23.2 Å². The molecule has 0 fully saturated rings. The third kappa shape index (κ3) is 7.71. The highest BCUT2D eigenvalue weighted by Gasteiger charge is 2.33. The van der Waals surface area contributed by atoms with Crippen LogP contribution in [0.5, 0.6) is 0 Å². The third-order valence-electron chi connectivity index (χ3n) is 5.72. The molecule has 0 bridgehead atoms. The van der Waals surface area contributed by atoms with Crippen molar-refractivity contribution in [3.63, 3.8) is 0 Å². The van der Waals surface area contributed by atoms with Gasteiger partial charge in [0, 0.05) is 24.5 Å². The van der Waals surface area contributed by atoms with Crippen LogP contribution >= 0.6 is 23.2 Å². The van der Waals surface area contributed by atoms with E-state index in [2.05, 4.69) is 5.32 Å². The maximum Gasteiger partial charge on any atom is 0.244 e. The number of amides is 2. The Kier molecular flexibility index (Phi) is 9.97. The molecule has 0 aliphatic rings. The molecular formula is C27H29Cl2N3O4S. The van der Waals surface area contributed by atoms with Crippen molar-refractivity contribution in [2.45, 2.75) is 25.9 Å². The first-order valence-corrected chi connectivity index (χ1v) is 14.3. The third-order valence-corrected chi connectivity index (χ3v) is 7.54. The number of rotatable bonds is 11. The summed E-state index contributed by atoms with van der Waals surface area (Å²) in [5.41, 5.74) is 1.65. The summed E-state index contributed by atoms with van der Waals surface area (Å²) in [5, 5.41) is 3.42. The highest BCUT2D eigenvalue weighted by Crippen LogP contribution is 2.28. The summed E-state index contributed by atoms with van der Waals surface area (Å²) in [6, 6.07) is 21.8. The number of likely N-dealkylation sites (N-methyl/N-ethyl adjacent to an activating group) is 1. The van der Waals surface area contributed by atoms with Crippen LogP contribution in [0.4, 0.5) is 5.69 Å². The Morgan fingerprint density at radius 1 is 0.892 bits per heavy atom. The summed E-state index contributed by atoms with van der Waals surface area (Å²) in [5.74, 6) is -0.923. The van der Waals surface area contributed by atoms with Gasteiger partial charge in [-0.3, -0.25) is 13.9 Å². The van der Waals surface area contributed by atoms with Gasteiger partial charge in [-0.2, -0.15) is 0 Å². The minimum absolute atomic E-state index is 0.00721. The number of benzene rings is 3. The molecule has 0 aromatic heterocycles. The maximum absolute atomic E-state index is 13.9. The van der Waals surface area contributed by atoms with Crippen LogP contribution in [0.3, 0.4) is 0 Å². The van der Waals surface area contributed by atoms with Crippen LogP contribution in [-0.4, -0.2) is 50.5 Å². The minimum Gasteiger partial charge on any atom is -0.355 e. The minimum atomic E-state index is -3.89. The molecule has 2 amide bonds. The average molecular weight is 563 g/mol. The number of sulfonamides is 1. The fraction of sp³-hybridized carbons (Fsp3) is 0.259. The molecule has 0 aliphatic heterocycles. The molecule has 0 spiro atoms. The number of halogens is 2. The lowest BCUT2D eigenvalue weighted by Crippen LogP contribution is -2.53. The number of anilines is 1. The van der Waals surface area contributed by atoms with Crippen LogP contribution in [0.15, 0.2) is 78.9 Å². The number of nitrogens with zero attached hydrogens (tertiary/aromatic N) is 2. The number of hydrogen-bond acceptors (Lipinski definition) is 4.